The van der Waals surface area contributed by atoms with Crippen LogP contribution in [-0.4, -0.2) is 29.1 Å². The number of nitrogens with one attached hydrogen (secondary N) is 1. The summed E-state index contributed by atoms with van der Waals surface area (Å²) in [5.41, 5.74) is -0.541. The fraction of sp³-hybridized carbons (Fsp3) is 0.739. The third-order valence-electron chi connectivity index (χ3n) is 4.44. The maximum atomic E-state index is 11.3. The van der Waals surface area contributed by atoms with E-state index in [-0.39, 0.29) is 49.0 Å². The van der Waals surface area contributed by atoms with E-state index in [1.807, 2.05) is 13.8 Å². The molecule has 0 aliphatic carbocycles. The van der Waals surface area contributed by atoms with E-state index in [4.69, 9.17) is 0 Å². The molecule has 0 heterocycles. The molecule has 0 aromatic carbocycles. The van der Waals surface area contributed by atoms with Gasteiger partial charge in [-0.05, 0) is 71.6 Å². The summed E-state index contributed by atoms with van der Waals surface area (Å²) in [4.78, 5) is 21.5. The van der Waals surface area contributed by atoms with Crippen LogP contribution in [0.2, 0.25) is 0 Å². The van der Waals surface area contributed by atoms with E-state index in [0.717, 1.165) is 44.9 Å². The standard InChI is InChI=1S/C23H41NO4.Na.H2S/c1-23(2,28)19-17-15-13-11-9-7-5-3-4-6-8-10-12-14-16-18-21(25)24-20-22(26)27;;/h10-13,28H,3-9,14-20H2,1-2H3,(H,24,25)(H,26,27);;1H2/q;+1;/p-1/b12-10-,13-11-;;. The minimum Gasteiger partial charge on any atom is -0.548 e. The van der Waals surface area contributed by atoms with Crippen LogP contribution in [0.1, 0.15) is 97.3 Å². The molecule has 0 spiro atoms. The predicted molar refractivity (Wildman–Crippen MR) is 123 cm³/mol. The van der Waals surface area contributed by atoms with Gasteiger partial charge in [0.05, 0.1) is 18.1 Å². The summed E-state index contributed by atoms with van der Waals surface area (Å²) >= 11 is 0. The van der Waals surface area contributed by atoms with E-state index in [1.165, 1.54) is 32.1 Å². The fourth-order valence-electron chi connectivity index (χ4n) is 2.82. The van der Waals surface area contributed by atoms with Crippen molar-refractivity contribution in [3.05, 3.63) is 24.3 Å². The molecular weight excluding hydrogens is 409 g/mol. The predicted octanol–water partition coefficient (Wildman–Crippen LogP) is 0.924. The van der Waals surface area contributed by atoms with Gasteiger partial charge in [-0.2, -0.15) is 13.5 Å². The Labute approximate surface area is 212 Å². The van der Waals surface area contributed by atoms with Gasteiger partial charge in [0.25, 0.3) is 0 Å². The fourth-order valence-corrected chi connectivity index (χ4v) is 2.82. The third-order valence-corrected chi connectivity index (χ3v) is 4.44. The van der Waals surface area contributed by atoms with E-state index in [1.54, 1.807) is 0 Å². The van der Waals surface area contributed by atoms with Crippen LogP contribution >= 0.6 is 13.5 Å². The number of hydrogen-bond donors (Lipinski definition) is 2. The van der Waals surface area contributed by atoms with Crippen molar-refractivity contribution in [2.24, 2.45) is 0 Å². The second-order valence-corrected chi connectivity index (χ2v) is 8.03. The normalized spacial score (nSPS) is 11.3. The maximum Gasteiger partial charge on any atom is 1.00 e. The van der Waals surface area contributed by atoms with Gasteiger partial charge < -0.3 is 20.3 Å². The first kappa shape index (κ1) is 34.3. The van der Waals surface area contributed by atoms with E-state index in [9.17, 15) is 19.8 Å². The summed E-state index contributed by atoms with van der Waals surface area (Å²) in [7, 11) is 0. The monoisotopic (exact) mass is 451 g/mol. The van der Waals surface area contributed by atoms with Crippen LogP contribution in [-0.2, 0) is 9.59 Å². The molecule has 0 rings (SSSR count). The molecule has 0 aliphatic heterocycles. The number of amides is 1. The number of carboxylic acids is 1. The zero-order valence-corrected chi connectivity index (χ0v) is 22.4. The summed E-state index contributed by atoms with van der Waals surface area (Å²) in [5, 5.41) is 22.1. The second kappa shape index (κ2) is 23.4. The third kappa shape index (κ3) is 29.9. The molecule has 0 saturated heterocycles. The molecule has 1 amide bonds. The van der Waals surface area contributed by atoms with Gasteiger partial charge in [-0.1, -0.05) is 43.6 Å². The van der Waals surface area contributed by atoms with E-state index < -0.39 is 18.1 Å². The SMILES string of the molecule is CC(C)(O)CCC/C=C\CCCCCCC/C=C\CCCC(=O)NCC(=O)[O-].S.[Na+]. The molecule has 0 radical (unpaired) electrons. The maximum absolute atomic E-state index is 11.3. The number of aliphatic hydroxyl groups is 1. The van der Waals surface area contributed by atoms with Crippen molar-refractivity contribution in [2.75, 3.05) is 6.54 Å². The van der Waals surface area contributed by atoms with Crippen molar-refractivity contribution in [1.82, 2.24) is 5.32 Å². The summed E-state index contributed by atoms with van der Waals surface area (Å²) < 4.78 is 0. The molecule has 0 atom stereocenters. The zero-order chi connectivity index (χ0) is 21.1. The smallest absolute Gasteiger partial charge is 0.548 e. The molecule has 170 valence electrons. The summed E-state index contributed by atoms with van der Waals surface area (Å²) in [6.07, 6.45) is 22.2. The average Bonchev–Trinajstić information content (AvgIpc) is 2.61. The van der Waals surface area contributed by atoms with Crippen molar-refractivity contribution in [1.29, 1.82) is 0 Å². The minimum atomic E-state index is -1.26. The van der Waals surface area contributed by atoms with E-state index >= 15 is 0 Å². The van der Waals surface area contributed by atoms with Gasteiger partial charge in [0.1, 0.15) is 0 Å². The molecule has 0 aromatic rings. The van der Waals surface area contributed by atoms with Gasteiger partial charge >= 0.3 is 29.6 Å². The Morgan fingerprint density at radius 3 is 1.73 bits per heavy atom. The van der Waals surface area contributed by atoms with Crippen molar-refractivity contribution >= 4 is 25.4 Å². The van der Waals surface area contributed by atoms with Crippen molar-refractivity contribution in [3.8, 4) is 0 Å². The van der Waals surface area contributed by atoms with E-state index in [0.29, 0.717) is 6.42 Å². The Balaban J connectivity index is -0.00000364. The molecule has 0 bridgehead atoms. The van der Waals surface area contributed by atoms with Crippen LogP contribution in [0, 0.1) is 0 Å². The molecule has 0 saturated carbocycles. The number of unbranched alkanes of at least 4 members (excludes halogenated alkanes) is 8. The number of hydrogen-bond acceptors (Lipinski definition) is 4. The van der Waals surface area contributed by atoms with E-state index in [2.05, 4.69) is 29.6 Å². The van der Waals surface area contributed by atoms with Crippen molar-refractivity contribution in [3.63, 3.8) is 0 Å². The molecule has 0 unspecified atom stereocenters. The molecule has 30 heavy (non-hydrogen) atoms. The van der Waals surface area contributed by atoms with Gasteiger partial charge in [0.15, 0.2) is 0 Å². The number of carboxylic acid groups (broad SMARTS) is 1. The Kier molecular flexibility index (Phi) is 26.8. The first-order chi connectivity index (χ1) is 13.3. The molecule has 2 N–H and O–H groups in total. The number of carbonyl (C=O) groups is 2. The van der Waals surface area contributed by atoms with Crippen LogP contribution < -0.4 is 40.0 Å². The molecule has 0 aromatic heterocycles. The topological polar surface area (TPSA) is 89.5 Å². The van der Waals surface area contributed by atoms with Crippen LogP contribution in [0.5, 0.6) is 0 Å². The number of rotatable bonds is 18. The van der Waals surface area contributed by atoms with Crippen LogP contribution in [0.25, 0.3) is 0 Å². The molecule has 0 aliphatic rings. The quantitative estimate of drug-likeness (QED) is 0.184. The van der Waals surface area contributed by atoms with Gasteiger partial charge in [-0.25, -0.2) is 0 Å². The van der Waals surface area contributed by atoms with Gasteiger partial charge in [-0.15, -0.1) is 0 Å². The first-order valence-corrected chi connectivity index (χ1v) is 10.8. The Bertz CT molecular complexity index is 476. The van der Waals surface area contributed by atoms with Crippen LogP contribution in [0.15, 0.2) is 24.3 Å². The van der Waals surface area contributed by atoms with Gasteiger partial charge in [0, 0.05) is 6.42 Å². The number of carbonyl (C=O) groups excluding carboxylic acids is 2. The number of aliphatic carboxylic acids is 1. The van der Waals surface area contributed by atoms with Gasteiger partial charge in [0.2, 0.25) is 5.91 Å². The Hall–Kier alpha value is -0.270. The molecule has 7 heteroatoms. The average molecular weight is 452 g/mol. The second-order valence-electron chi connectivity index (χ2n) is 8.03. The molecular formula is C23H42NNaO4S. The van der Waals surface area contributed by atoms with Gasteiger partial charge in [-0.3, -0.25) is 4.79 Å². The summed E-state index contributed by atoms with van der Waals surface area (Å²) in [6, 6.07) is 0. The summed E-state index contributed by atoms with van der Waals surface area (Å²) in [5.74, 6) is -1.50. The molecule has 5 nitrogen and oxygen atoms in total. The zero-order valence-electron chi connectivity index (χ0n) is 19.4. The van der Waals surface area contributed by atoms with Crippen LogP contribution in [0.3, 0.4) is 0 Å². The van der Waals surface area contributed by atoms with Crippen molar-refractivity contribution < 1.29 is 49.4 Å². The van der Waals surface area contributed by atoms with Crippen LogP contribution in [0.4, 0.5) is 0 Å². The van der Waals surface area contributed by atoms with Crippen molar-refractivity contribution in [2.45, 2.75) is 103 Å². The minimum absolute atomic E-state index is 0. The number of allylic oxidation sites excluding steroid dienone is 4. The first-order valence-electron chi connectivity index (χ1n) is 10.8. The largest absolute Gasteiger partial charge is 1.00 e. The summed E-state index contributed by atoms with van der Waals surface area (Å²) in [6.45, 7) is 3.31. The molecule has 0 fully saturated rings. The Morgan fingerprint density at radius 2 is 1.27 bits per heavy atom. The Morgan fingerprint density at radius 1 is 0.833 bits per heavy atom.